The Hall–Kier alpha value is -2.97. The van der Waals surface area contributed by atoms with E-state index >= 15 is 0 Å². The number of anilines is 1. The van der Waals surface area contributed by atoms with Gasteiger partial charge in [0.1, 0.15) is 17.9 Å². The molecule has 1 saturated heterocycles. The average molecular weight is 439 g/mol. The zero-order chi connectivity index (χ0) is 21.8. The van der Waals surface area contributed by atoms with Crippen LogP contribution in [0.25, 0.3) is 11.3 Å². The number of aryl methyl sites for hydroxylation is 1. The van der Waals surface area contributed by atoms with Crippen molar-refractivity contribution in [1.29, 1.82) is 0 Å². The van der Waals surface area contributed by atoms with Crippen molar-refractivity contribution in [1.82, 2.24) is 14.3 Å². The van der Waals surface area contributed by atoms with Crippen LogP contribution in [0, 0.1) is 0 Å². The second-order valence-corrected chi connectivity index (χ2v) is 9.25. The minimum Gasteiger partial charge on any atom is -0.497 e. The summed E-state index contributed by atoms with van der Waals surface area (Å²) in [6.45, 7) is 3.95. The maximum Gasteiger partial charge on any atom is 0.243 e. The van der Waals surface area contributed by atoms with Crippen LogP contribution in [0.5, 0.6) is 5.75 Å². The Labute approximate surface area is 183 Å². The predicted molar refractivity (Wildman–Crippen MR) is 121 cm³/mol. The van der Waals surface area contributed by atoms with E-state index in [-0.39, 0.29) is 0 Å². The molecule has 2 heterocycles. The number of sulfonamides is 1. The van der Waals surface area contributed by atoms with Gasteiger partial charge in [-0.1, -0.05) is 37.3 Å². The van der Waals surface area contributed by atoms with Gasteiger partial charge in [0.15, 0.2) is 0 Å². The van der Waals surface area contributed by atoms with E-state index in [1.807, 2.05) is 49.4 Å². The van der Waals surface area contributed by atoms with Crippen LogP contribution < -0.4 is 9.64 Å². The molecule has 1 fully saturated rings. The van der Waals surface area contributed by atoms with Gasteiger partial charge in [-0.05, 0) is 30.2 Å². The van der Waals surface area contributed by atoms with E-state index in [1.54, 1.807) is 29.9 Å². The smallest absolute Gasteiger partial charge is 0.243 e. The zero-order valence-corrected chi connectivity index (χ0v) is 18.5. The second kappa shape index (κ2) is 9.03. The van der Waals surface area contributed by atoms with Crippen LogP contribution in [0.3, 0.4) is 0 Å². The van der Waals surface area contributed by atoms with Gasteiger partial charge in [-0.25, -0.2) is 18.4 Å². The fourth-order valence-corrected chi connectivity index (χ4v) is 5.52. The molecular formula is C23H26N4O3S. The van der Waals surface area contributed by atoms with Gasteiger partial charge >= 0.3 is 0 Å². The van der Waals surface area contributed by atoms with E-state index in [0.717, 1.165) is 28.4 Å². The SMILES string of the molecule is CCc1ccccc1S(=O)(=O)N1CCN(c2cc(-c3cccc(OC)c3)ncn2)CC1. The van der Waals surface area contributed by atoms with Crippen LogP contribution >= 0.6 is 0 Å². The first-order valence-corrected chi connectivity index (χ1v) is 11.8. The molecular weight excluding hydrogens is 412 g/mol. The molecule has 1 aliphatic heterocycles. The quantitative estimate of drug-likeness (QED) is 0.588. The highest BCUT2D eigenvalue weighted by Crippen LogP contribution is 2.26. The number of aromatic nitrogens is 2. The number of hydrogen-bond acceptors (Lipinski definition) is 6. The van der Waals surface area contributed by atoms with Crippen molar-refractivity contribution in [2.75, 3.05) is 38.2 Å². The summed E-state index contributed by atoms with van der Waals surface area (Å²) in [6.07, 6.45) is 2.23. The standard InChI is InChI=1S/C23H26N4O3S/c1-3-18-7-4-5-10-22(18)31(28,29)27-13-11-26(12-14-27)23-16-21(24-17-25-23)19-8-6-9-20(15-19)30-2/h4-10,15-17H,3,11-14H2,1-2H3. The van der Waals surface area contributed by atoms with Crippen molar-refractivity contribution in [2.24, 2.45) is 0 Å². The average Bonchev–Trinajstić information content (AvgIpc) is 2.84. The lowest BCUT2D eigenvalue weighted by Gasteiger charge is -2.35. The van der Waals surface area contributed by atoms with Crippen molar-refractivity contribution in [2.45, 2.75) is 18.2 Å². The van der Waals surface area contributed by atoms with Gasteiger partial charge in [-0.15, -0.1) is 0 Å². The third-order valence-electron chi connectivity index (χ3n) is 5.55. The van der Waals surface area contributed by atoms with Crippen molar-refractivity contribution in [3.8, 4) is 17.0 Å². The molecule has 0 bridgehead atoms. The van der Waals surface area contributed by atoms with Gasteiger partial charge in [0.2, 0.25) is 10.0 Å². The summed E-state index contributed by atoms with van der Waals surface area (Å²) in [6, 6.07) is 16.9. The van der Waals surface area contributed by atoms with Crippen LogP contribution in [0.4, 0.5) is 5.82 Å². The molecule has 0 spiro atoms. The molecule has 7 nitrogen and oxygen atoms in total. The summed E-state index contributed by atoms with van der Waals surface area (Å²) >= 11 is 0. The van der Waals surface area contributed by atoms with E-state index in [2.05, 4.69) is 14.9 Å². The summed E-state index contributed by atoms with van der Waals surface area (Å²) < 4.78 is 33.2. The molecule has 31 heavy (non-hydrogen) atoms. The predicted octanol–water partition coefficient (Wildman–Crippen LogP) is 3.23. The van der Waals surface area contributed by atoms with E-state index in [4.69, 9.17) is 4.74 Å². The zero-order valence-electron chi connectivity index (χ0n) is 17.7. The molecule has 2 aromatic carbocycles. The monoisotopic (exact) mass is 438 g/mol. The van der Waals surface area contributed by atoms with E-state index in [0.29, 0.717) is 37.5 Å². The van der Waals surface area contributed by atoms with Gasteiger partial charge in [0.25, 0.3) is 0 Å². The van der Waals surface area contributed by atoms with E-state index in [1.165, 1.54) is 0 Å². The third kappa shape index (κ3) is 4.40. The Morgan fingerprint density at radius 3 is 2.48 bits per heavy atom. The molecule has 4 rings (SSSR count). The molecule has 3 aromatic rings. The molecule has 162 valence electrons. The Bertz CT molecular complexity index is 1160. The second-order valence-electron chi connectivity index (χ2n) is 7.35. The van der Waals surface area contributed by atoms with Gasteiger partial charge in [-0.2, -0.15) is 4.31 Å². The van der Waals surface area contributed by atoms with Crippen LogP contribution in [-0.4, -0.2) is 56.0 Å². The Balaban J connectivity index is 1.50. The first-order valence-electron chi connectivity index (χ1n) is 10.3. The molecule has 1 aromatic heterocycles. The molecule has 0 saturated carbocycles. The van der Waals surface area contributed by atoms with E-state index < -0.39 is 10.0 Å². The number of ether oxygens (including phenoxy) is 1. The molecule has 8 heteroatoms. The molecule has 0 amide bonds. The number of methoxy groups -OCH3 is 1. The van der Waals surface area contributed by atoms with Crippen LogP contribution in [-0.2, 0) is 16.4 Å². The van der Waals surface area contributed by atoms with Crippen LogP contribution in [0.1, 0.15) is 12.5 Å². The molecule has 0 aliphatic carbocycles. The normalized spacial score (nSPS) is 15.1. The molecule has 0 atom stereocenters. The summed E-state index contributed by atoms with van der Waals surface area (Å²) in [5.74, 6) is 1.56. The first-order chi connectivity index (χ1) is 15.0. The highest BCUT2D eigenvalue weighted by Gasteiger charge is 2.30. The lowest BCUT2D eigenvalue weighted by molar-refractivity contribution is 0.383. The van der Waals surface area contributed by atoms with Crippen molar-refractivity contribution in [3.63, 3.8) is 0 Å². The molecule has 1 aliphatic rings. The van der Waals surface area contributed by atoms with Crippen molar-refractivity contribution < 1.29 is 13.2 Å². The maximum atomic E-state index is 13.2. The van der Waals surface area contributed by atoms with Crippen molar-refractivity contribution in [3.05, 3.63) is 66.5 Å². The molecule has 0 unspecified atom stereocenters. The lowest BCUT2D eigenvalue weighted by Crippen LogP contribution is -2.49. The highest BCUT2D eigenvalue weighted by atomic mass is 32.2. The van der Waals surface area contributed by atoms with Crippen LogP contribution in [0.15, 0.2) is 65.8 Å². The number of benzene rings is 2. The fraction of sp³-hybridized carbons (Fsp3) is 0.304. The number of rotatable bonds is 6. The van der Waals surface area contributed by atoms with Gasteiger partial charge in [0.05, 0.1) is 17.7 Å². The Morgan fingerprint density at radius 2 is 1.74 bits per heavy atom. The topological polar surface area (TPSA) is 75.6 Å². The van der Waals surface area contributed by atoms with Gasteiger partial charge < -0.3 is 9.64 Å². The Morgan fingerprint density at radius 1 is 0.968 bits per heavy atom. The lowest BCUT2D eigenvalue weighted by atomic mass is 10.1. The fourth-order valence-electron chi connectivity index (χ4n) is 3.80. The van der Waals surface area contributed by atoms with Crippen LogP contribution in [0.2, 0.25) is 0 Å². The minimum absolute atomic E-state index is 0.410. The van der Waals surface area contributed by atoms with Crippen molar-refractivity contribution >= 4 is 15.8 Å². The molecule has 0 N–H and O–H groups in total. The minimum atomic E-state index is -3.51. The third-order valence-corrected chi connectivity index (χ3v) is 7.55. The summed E-state index contributed by atoms with van der Waals surface area (Å²) in [5, 5.41) is 0. The first kappa shape index (κ1) is 21.3. The number of hydrogen-bond donors (Lipinski definition) is 0. The summed E-state index contributed by atoms with van der Waals surface area (Å²) in [5.41, 5.74) is 2.60. The highest BCUT2D eigenvalue weighted by molar-refractivity contribution is 7.89. The maximum absolute atomic E-state index is 13.2. The van der Waals surface area contributed by atoms with Gasteiger partial charge in [0, 0.05) is 37.8 Å². The molecule has 0 radical (unpaired) electrons. The number of piperazine rings is 1. The summed E-state index contributed by atoms with van der Waals surface area (Å²) in [4.78, 5) is 11.3. The largest absolute Gasteiger partial charge is 0.497 e. The van der Waals surface area contributed by atoms with E-state index in [9.17, 15) is 8.42 Å². The Kier molecular flexibility index (Phi) is 6.20. The number of nitrogens with zero attached hydrogens (tertiary/aromatic N) is 4. The van der Waals surface area contributed by atoms with Gasteiger partial charge in [-0.3, -0.25) is 0 Å². The summed E-state index contributed by atoms with van der Waals surface area (Å²) in [7, 11) is -1.87.